The molecule has 0 fully saturated rings. The van der Waals surface area contributed by atoms with E-state index in [0.717, 1.165) is 63.8 Å². The fourth-order valence-electron chi connectivity index (χ4n) is 14.1. The maximum absolute atomic E-state index is 13.0. The number of hydroxylamine groups is 2. The van der Waals surface area contributed by atoms with Crippen LogP contribution in [0.2, 0.25) is 0 Å². The Balaban J connectivity index is 0.000000182. The van der Waals surface area contributed by atoms with E-state index in [1.165, 1.54) is 44.5 Å². The Hall–Kier alpha value is -13.0. The highest BCUT2D eigenvalue weighted by atomic mass is 16.7. The highest BCUT2D eigenvalue weighted by Gasteiger charge is 2.49. The standard InChI is InChI=1S/C27H31NO3.C26H28O3.C23H22O2.C20H25NO3.C17H18O2/c1-26(2,30)27(3,25(29)28-31-20-22-10-6-4-7-11-22)19-18-21-14-16-24(17-15-21)23-12-8-5-9-13-23;1-25(2,28)26(3,24(27)29-23-12-8-5-9-13-23)19-18-20-14-16-22(17-15-20)21-10-6-4-7-11-21;1-18(23(24)25-22-10-6-3-7-11-22)12-13-19-14-16-21(17-15-19)20-8-4-2-5-9-20;1-19(2,23)20(3,18(22)21-24)14-13-15-9-11-17(12-10-15)16-7-5-4-6-8-16;1-13(17(18)19)7-8-14-9-11-16(12-10-14)15-5-3-2-4-6-15/h4-17,30H,18-20H2,1-3H3,(H,28,29);4-17,28H,18-19H2,1-3H3;2-11,14-18H,12-13H2,1H3;4-12,23-24H,13-14H2,1-3H3,(H,21,22);2-6,9-13H,7-8H2,1H3,(H,18,19). The van der Waals surface area contributed by atoms with Crippen molar-refractivity contribution >= 4 is 29.7 Å². The third-order valence-corrected chi connectivity index (χ3v) is 24.4. The highest BCUT2D eigenvalue weighted by molar-refractivity contribution is 5.84. The van der Waals surface area contributed by atoms with Crippen LogP contribution in [0, 0.1) is 28.1 Å². The first-order valence-corrected chi connectivity index (χ1v) is 43.8. The van der Waals surface area contributed by atoms with Crippen molar-refractivity contribution < 1.29 is 63.9 Å². The summed E-state index contributed by atoms with van der Waals surface area (Å²) in [6.45, 7) is 19.0. The molecule has 15 heteroatoms. The molecular formula is C113H124N2O13. The molecule has 128 heavy (non-hydrogen) atoms. The van der Waals surface area contributed by atoms with Gasteiger partial charge >= 0.3 is 17.9 Å². The molecule has 0 radical (unpaired) electrons. The van der Waals surface area contributed by atoms with E-state index in [2.05, 4.69) is 175 Å². The monoisotopic (exact) mass is 1720 g/mol. The minimum absolute atomic E-state index is 0.131. The van der Waals surface area contributed by atoms with Gasteiger partial charge in [0.2, 0.25) is 0 Å². The second-order valence-corrected chi connectivity index (χ2v) is 34.8. The van der Waals surface area contributed by atoms with Gasteiger partial charge in [-0.2, -0.15) is 0 Å². The molecule has 5 atom stereocenters. The molecular weight excluding hydrogens is 1590 g/mol. The topological polar surface area (TPSA) is 238 Å². The maximum Gasteiger partial charge on any atom is 0.320 e. The van der Waals surface area contributed by atoms with Crippen LogP contribution in [-0.4, -0.2) is 72.2 Å². The van der Waals surface area contributed by atoms with Gasteiger partial charge in [-0.1, -0.05) is 354 Å². The number of ether oxygens (including phenoxy) is 2. The summed E-state index contributed by atoms with van der Waals surface area (Å²) in [4.78, 5) is 66.3. The fraction of sp³-hybridized carbons (Fsp3) is 0.265. The van der Waals surface area contributed by atoms with Crippen LogP contribution in [0.5, 0.6) is 11.5 Å². The normalized spacial score (nSPS) is 13.0. The van der Waals surface area contributed by atoms with Gasteiger partial charge in [0.25, 0.3) is 11.8 Å². The van der Waals surface area contributed by atoms with E-state index >= 15 is 0 Å². The molecule has 2 amide bonds. The zero-order valence-corrected chi connectivity index (χ0v) is 75.6. The molecule has 0 saturated heterocycles. The lowest BCUT2D eigenvalue weighted by Gasteiger charge is -2.39. The first-order valence-electron chi connectivity index (χ1n) is 43.8. The number of nitrogens with one attached hydrogen (secondary N) is 2. The van der Waals surface area contributed by atoms with Crippen LogP contribution < -0.4 is 20.4 Å². The molecule has 5 unspecified atom stereocenters. The smallest absolute Gasteiger partial charge is 0.320 e. The first-order chi connectivity index (χ1) is 61.2. The third kappa shape index (κ3) is 29.8. The van der Waals surface area contributed by atoms with Crippen molar-refractivity contribution in [1.82, 2.24) is 11.0 Å². The molecule has 0 heterocycles. The van der Waals surface area contributed by atoms with Gasteiger partial charge < -0.3 is 29.9 Å². The van der Waals surface area contributed by atoms with Gasteiger partial charge in [-0.25, -0.2) is 11.0 Å². The lowest BCUT2D eigenvalue weighted by molar-refractivity contribution is -0.161. The summed E-state index contributed by atoms with van der Waals surface area (Å²) < 4.78 is 11.0. The van der Waals surface area contributed by atoms with Gasteiger partial charge in [-0.3, -0.25) is 34.0 Å². The molecule has 15 nitrogen and oxygen atoms in total. The molecule has 0 spiro atoms. The number of carbonyl (C=O) groups is 5. The number of carboxylic acids is 1. The lowest BCUT2D eigenvalue weighted by Crippen LogP contribution is -2.52. The SMILES string of the molecule is CC(C)(O)C(C)(CCc1ccc(-c2ccccc2)cc1)C(=O)NO.CC(C)(O)C(C)(CCc1ccc(-c2ccccc2)cc1)C(=O)NOCc1ccccc1.CC(C)(O)C(C)(CCc1ccc(-c2ccccc2)cc1)C(=O)Oc1ccccc1.CC(CCc1ccc(-c2ccccc2)cc1)C(=O)O.CC(CCc1ccc(-c2ccccc2)cc1)C(=O)Oc1ccccc1. The van der Waals surface area contributed by atoms with E-state index < -0.39 is 50.9 Å². The number of benzene rings is 13. The molecule has 0 aliphatic heterocycles. The number of carbonyl (C=O) groups excluding carboxylic acids is 4. The second kappa shape index (κ2) is 48.1. The third-order valence-electron chi connectivity index (χ3n) is 24.4. The number of para-hydroxylation sites is 2. The number of hydrogen-bond acceptors (Lipinski definition) is 12. The molecule has 0 aliphatic carbocycles. The van der Waals surface area contributed by atoms with E-state index in [4.69, 9.17) is 24.6 Å². The predicted molar refractivity (Wildman–Crippen MR) is 514 cm³/mol. The van der Waals surface area contributed by atoms with E-state index in [1.54, 1.807) is 99.0 Å². The molecule has 13 rings (SSSR count). The summed E-state index contributed by atoms with van der Waals surface area (Å²) in [5.74, 6) is -1.53. The zero-order valence-electron chi connectivity index (χ0n) is 75.6. The fourth-order valence-corrected chi connectivity index (χ4v) is 14.1. The number of amides is 2. The summed E-state index contributed by atoms with van der Waals surface area (Å²) >= 11 is 0. The summed E-state index contributed by atoms with van der Waals surface area (Å²) in [6.07, 6.45) is 6.48. The lowest BCUT2D eigenvalue weighted by atomic mass is 9.71. The van der Waals surface area contributed by atoms with Crippen LogP contribution >= 0.6 is 0 Å². The molecule has 0 aromatic heterocycles. The Morgan fingerprint density at radius 2 is 0.531 bits per heavy atom. The maximum atomic E-state index is 13.0. The summed E-state index contributed by atoms with van der Waals surface area (Å²) in [5.41, 5.74) is 15.9. The minimum atomic E-state index is -1.25. The number of hydrogen-bond donors (Lipinski definition) is 7. The van der Waals surface area contributed by atoms with Crippen LogP contribution in [0.3, 0.4) is 0 Å². The Morgan fingerprint density at radius 3 is 0.812 bits per heavy atom. The van der Waals surface area contributed by atoms with Crippen molar-refractivity contribution in [3.8, 4) is 67.1 Å². The predicted octanol–water partition coefficient (Wildman–Crippen LogP) is 24.1. The Bertz CT molecular complexity index is 5480. The zero-order chi connectivity index (χ0) is 92.2. The molecule has 0 aliphatic rings. The van der Waals surface area contributed by atoms with E-state index in [1.807, 2.05) is 177 Å². The molecule has 0 bridgehead atoms. The van der Waals surface area contributed by atoms with Gasteiger partial charge in [0.15, 0.2) is 0 Å². The van der Waals surface area contributed by atoms with Crippen molar-refractivity contribution in [2.75, 3.05) is 0 Å². The first kappa shape index (κ1) is 98.8. The summed E-state index contributed by atoms with van der Waals surface area (Å²) in [7, 11) is 0. The molecule has 664 valence electrons. The molecule has 0 saturated carbocycles. The van der Waals surface area contributed by atoms with E-state index in [9.17, 15) is 39.3 Å². The van der Waals surface area contributed by atoms with Gasteiger partial charge in [0, 0.05) is 0 Å². The van der Waals surface area contributed by atoms with Crippen LogP contribution in [0.25, 0.3) is 55.6 Å². The van der Waals surface area contributed by atoms with Crippen LogP contribution in [-0.2, 0) is 67.5 Å². The van der Waals surface area contributed by atoms with Gasteiger partial charge in [0.1, 0.15) is 11.5 Å². The number of rotatable bonds is 33. The molecule has 7 N–H and O–H groups in total. The van der Waals surface area contributed by atoms with Crippen LogP contribution in [0.4, 0.5) is 0 Å². The Kier molecular flexibility index (Phi) is 37.1. The molecule has 13 aromatic rings. The number of aryl methyl sites for hydroxylation is 5. The van der Waals surface area contributed by atoms with Crippen LogP contribution in [0.15, 0.2) is 364 Å². The molecule has 13 aromatic carbocycles. The van der Waals surface area contributed by atoms with Crippen molar-refractivity contribution in [3.05, 3.63) is 397 Å². The van der Waals surface area contributed by atoms with Gasteiger partial charge in [-0.15, -0.1) is 0 Å². The summed E-state index contributed by atoms with van der Waals surface area (Å²) in [5, 5.41) is 49.7. The van der Waals surface area contributed by atoms with Gasteiger partial charge in [-0.05, 0) is 240 Å². The number of aliphatic carboxylic acids is 1. The summed E-state index contributed by atoms with van der Waals surface area (Å²) in [6, 6.07) is 121. The van der Waals surface area contributed by atoms with E-state index in [0.29, 0.717) is 56.4 Å². The second-order valence-electron chi connectivity index (χ2n) is 34.8. The van der Waals surface area contributed by atoms with Crippen molar-refractivity contribution in [1.29, 1.82) is 0 Å². The Morgan fingerprint density at radius 1 is 0.289 bits per heavy atom. The quantitative estimate of drug-likeness (QED) is 0.00878. The average Bonchev–Trinajstić information content (AvgIpc) is 0.791. The minimum Gasteiger partial charge on any atom is -0.481 e. The van der Waals surface area contributed by atoms with Gasteiger partial charge in [0.05, 0.1) is 51.5 Å². The van der Waals surface area contributed by atoms with E-state index in [-0.39, 0.29) is 30.3 Å². The average molecular weight is 1720 g/mol. The number of esters is 2. The van der Waals surface area contributed by atoms with Crippen LogP contribution in [0.1, 0.15) is 142 Å². The van der Waals surface area contributed by atoms with Crippen molar-refractivity contribution in [2.45, 2.75) is 164 Å². The highest BCUT2D eigenvalue weighted by Crippen LogP contribution is 2.41. The largest absolute Gasteiger partial charge is 0.481 e. The number of aliphatic hydroxyl groups is 3. The number of carboxylic acid groups (broad SMARTS) is 1. The Labute approximate surface area is 756 Å². The van der Waals surface area contributed by atoms with Crippen molar-refractivity contribution in [3.63, 3.8) is 0 Å². The van der Waals surface area contributed by atoms with Crippen molar-refractivity contribution in [2.24, 2.45) is 28.1 Å².